The summed E-state index contributed by atoms with van der Waals surface area (Å²) in [6.45, 7) is 4.19. The number of ether oxygens (including phenoxy) is 1. The van der Waals surface area contributed by atoms with Crippen LogP contribution < -0.4 is 0 Å². The van der Waals surface area contributed by atoms with Crippen molar-refractivity contribution in [3.8, 4) is 0 Å². The lowest BCUT2D eigenvalue weighted by Crippen LogP contribution is -2.34. The molecule has 0 spiro atoms. The minimum atomic E-state index is -1.82. The predicted molar refractivity (Wildman–Crippen MR) is 121 cm³/mol. The normalized spacial score (nSPS) is 14.3. The van der Waals surface area contributed by atoms with Crippen LogP contribution in [0.1, 0.15) is 28.8 Å². The Morgan fingerprint density at radius 1 is 1.00 bits per heavy atom. The minimum absolute atomic E-state index is 0.283. The van der Waals surface area contributed by atoms with Gasteiger partial charge in [0.2, 0.25) is 0 Å². The number of piperidine rings is 1. The van der Waals surface area contributed by atoms with Gasteiger partial charge in [-0.3, -0.25) is 4.90 Å². The van der Waals surface area contributed by atoms with Gasteiger partial charge >= 0.3 is 17.9 Å². The lowest BCUT2D eigenvalue weighted by Gasteiger charge is -2.32. The van der Waals surface area contributed by atoms with Crippen molar-refractivity contribution in [3.63, 3.8) is 0 Å². The molecule has 1 saturated heterocycles. The van der Waals surface area contributed by atoms with Crippen molar-refractivity contribution < 1.29 is 29.3 Å². The van der Waals surface area contributed by atoms with E-state index in [1.165, 1.54) is 31.0 Å². The number of benzene rings is 2. The van der Waals surface area contributed by atoms with E-state index in [9.17, 15) is 4.79 Å². The SMILES string of the molecule is COC(=O)c1ccc(CN2CCC(Cn3cnc4ccccc43)CC2)cc1.O=C(O)C(=O)O. The molecular weight excluding hydrogens is 426 g/mol. The molecule has 2 aromatic carbocycles. The molecule has 4 rings (SSSR count). The number of hydrogen-bond donors (Lipinski definition) is 2. The molecule has 0 bridgehead atoms. The number of carbonyl (C=O) groups is 3. The fraction of sp³-hybridized carbons (Fsp3) is 0.333. The number of hydrogen-bond acceptors (Lipinski definition) is 6. The van der Waals surface area contributed by atoms with Crippen molar-refractivity contribution in [1.29, 1.82) is 0 Å². The van der Waals surface area contributed by atoms with Crippen LogP contribution >= 0.6 is 0 Å². The number of nitrogens with zero attached hydrogens (tertiary/aromatic N) is 3. The van der Waals surface area contributed by atoms with Crippen molar-refractivity contribution in [1.82, 2.24) is 14.5 Å². The first kappa shape index (κ1) is 23.9. The first-order valence-corrected chi connectivity index (χ1v) is 10.6. The maximum absolute atomic E-state index is 11.5. The Kier molecular flexibility index (Phi) is 8.15. The van der Waals surface area contributed by atoms with E-state index in [0.29, 0.717) is 11.5 Å². The zero-order valence-corrected chi connectivity index (χ0v) is 18.4. The molecule has 0 atom stereocenters. The van der Waals surface area contributed by atoms with Crippen LogP contribution in [0.25, 0.3) is 11.0 Å². The van der Waals surface area contributed by atoms with Gasteiger partial charge in [-0.1, -0.05) is 24.3 Å². The molecule has 0 unspecified atom stereocenters. The lowest BCUT2D eigenvalue weighted by molar-refractivity contribution is -0.159. The monoisotopic (exact) mass is 453 g/mol. The van der Waals surface area contributed by atoms with Gasteiger partial charge in [-0.2, -0.15) is 0 Å². The second-order valence-electron chi connectivity index (χ2n) is 7.90. The quantitative estimate of drug-likeness (QED) is 0.447. The Bertz CT molecular complexity index is 1090. The van der Waals surface area contributed by atoms with Crippen LogP contribution in [-0.2, 0) is 27.4 Å². The average Bonchev–Trinajstić information content (AvgIpc) is 3.23. The molecule has 0 aliphatic carbocycles. The summed E-state index contributed by atoms with van der Waals surface area (Å²) < 4.78 is 7.04. The van der Waals surface area contributed by atoms with E-state index in [1.54, 1.807) is 0 Å². The number of rotatable bonds is 5. The molecule has 9 nitrogen and oxygen atoms in total. The minimum Gasteiger partial charge on any atom is -0.473 e. The number of fused-ring (bicyclic) bond motifs is 1. The highest BCUT2D eigenvalue weighted by Gasteiger charge is 2.20. The van der Waals surface area contributed by atoms with Crippen molar-refractivity contribution >= 4 is 28.9 Å². The summed E-state index contributed by atoms with van der Waals surface area (Å²) in [5.41, 5.74) is 4.14. The van der Waals surface area contributed by atoms with Gasteiger partial charge < -0.3 is 19.5 Å². The molecule has 0 radical (unpaired) electrons. The molecule has 1 aromatic heterocycles. The smallest absolute Gasteiger partial charge is 0.414 e. The number of carbonyl (C=O) groups excluding carboxylic acids is 1. The van der Waals surface area contributed by atoms with Gasteiger partial charge in [-0.15, -0.1) is 0 Å². The van der Waals surface area contributed by atoms with Crippen LogP contribution in [-0.4, -0.2) is 62.8 Å². The Morgan fingerprint density at radius 3 is 2.24 bits per heavy atom. The number of carboxylic acid groups (broad SMARTS) is 2. The van der Waals surface area contributed by atoms with Gasteiger partial charge in [0.15, 0.2) is 0 Å². The van der Waals surface area contributed by atoms with Crippen molar-refractivity contribution in [2.45, 2.75) is 25.9 Å². The summed E-state index contributed by atoms with van der Waals surface area (Å²) in [5.74, 6) is -3.24. The van der Waals surface area contributed by atoms with E-state index in [0.717, 1.165) is 31.7 Å². The molecule has 0 saturated carbocycles. The zero-order chi connectivity index (χ0) is 23.8. The second-order valence-corrected chi connectivity index (χ2v) is 7.90. The van der Waals surface area contributed by atoms with Crippen LogP contribution in [0.4, 0.5) is 0 Å². The molecule has 3 aromatic rings. The third-order valence-corrected chi connectivity index (χ3v) is 5.65. The molecule has 33 heavy (non-hydrogen) atoms. The summed E-state index contributed by atoms with van der Waals surface area (Å²) in [5, 5.41) is 14.8. The average molecular weight is 453 g/mol. The number of aliphatic carboxylic acids is 2. The van der Waals surface area contributed by atoms with Crippen LogP contribution in [0, 0.1) is 5.92 Å². The molecule has 174 valence electrons. The van der Waals surface area contributed by atoms with E-state index < -0.39 is 11.9 Å². The number of imidazole rings is 1. The zero-order valence-electron chi connectivity index (χ0n) is 18.4. The number of aromatic nitrogens is 2. The van der Waals surface area contributed by atoms with Gasteiger partial charge in [-0.25, -0.2) is 19.4 Å². The molecule has 0 amide bonds. The Balaban J connectivity index is 0.000000454. The molecule has 1 fully saturated rings. The third-order valence-electron chi connectivity index (χ3n) is 5.65. The summed E-state index contributed by atoms with van der Waals surface area (Å²) >= 11 is 0. The highest BCUT2D eigenvalue weighted by atomic mass is 16.5. The molecule has 2 heterocycles. The largest absolute Gasteiger partial charge is 0.473 e. The molecular formula is C24H27N3O6. The maximum atomic E-state index is 11.5. The number of likely N-dealkylation sites (tertiary alicyclic amines) is 1. The summed E-state index contributed by atoms with van der Waals surface area (Å²) in [7, 11) is 1.41. The van der Waals surface area contributed by atoms with Crippen LogP contribution in [0.2, 0.25) is 0 Å². The predicted octanol–water partition coefficient (Wildman–Crippen LogP) is 2.89. The topological polar surface area (TPSA) is 122 Å². The Morgan fingerprint density at radius 2 is 1.64 bits per heavy atom. The lowest BCUT2D eigenvalue weighted by atomic mass is 9.96. The van der Waals surface area contributed by atoms with Gasteiger partial charge in [0, 0.05) is 13.1 Å². The fourth-order valence-electron chi connectivity index (χ4n) is 3.88. The van der Waals surface area contributed by atoms with Gasteiger partial charge in [0.1, 0.15) is 0 Å². The number of para-hydroxylation sites is 2. The Labute approximate surface area is 191 Å². The molecule has 1 aliphatic rings. The van der Waals surface area contributed by atoms with Crippen molar-refractivity contribution in [2.75, 3.05) is 20.2 Å². The molecule has 1 aliphatic heterocycles. The number of esters is 1. The van der Waals surface area contributed by atoms with Gasteiger partial charge in [0.05, 0.1) is 30.0 Å². The standard InChI is InChI=1S/C22H25N3O2.C2H2O4/c1-27-22(26)19-8-6-17(7-9-19)14-24-12-10-18(11-13-24)15-25-16-23-20-4-2-3-5-21(20)25;3-1(4)2(5)6/h2-9,16,18H,10-15H2,1H3;(H,3,4)(H,5,6). The summed E-state index contributed by atoms with van der Waals surface area (Å²) in [6, 6.07) is 16.1. The highest BCUT2D eigenvalue weighted by Crippen LogP contribution is 2.23. The summed E-state index contributed by atoms with van der Waals surface area (Å²) in [6.07, 6.45) is 4.37. The van der Waals surface area contributed by atoms with E-state index in [4.69, 9.17) is 24.5 Å². The molecule has 2 N–H and O–H groups in total. The van der Waals surface area contributed by atoms with Crippen molar-refractivity contribution in [3.05, 3.63) is 66.0 Å². The molecule has 9 heteroatoms. The van der Waals surface area contributed by atoms with Gasteiger partial charge in [0.25, 0.3) is 0 Å². The Hall–Kier alpha value is -3.72. The first-order chi connectivity index (χ1) is 15.9. The van der Waals surface area contributed by atoms with Gasteiger partial charge in [-0.05, 0) is 61.7 Å². The number of carboxylic acids is 2. The van der Waals surface area contributed by atoms with Crippen molar-refractivity contribution in [2.24, 2.45) is 5.92 Å². The highest BCUT2D eigenvalue weighted by molar-refractivity contribution is 6.27. The summed E-state index contributed by atoms with van der Waals surface area (Å²) in [4.78, 5) is 36.7. The second kappa shape index (κ2) is 11.2. The van der Waals surface area contributed by atoms with Crippen LogP contribution in [0.15, 0.2) is 54.9 Å². The number of methoxy groups -OCH3 is 1. The van der Waals surface area contributed by atoms with E-state index in [-0.39, 0.29) is 5.97 Å². The van der Waals surface area contributed by atoms with E-state index in [1.807, 2.05) is 36.7 Å². The van der Waals surface area contributed by atoms with E-state index in [2.05, 4.69) is 32.7 Å². The van der Waals surface area contributed by atoms with Crippen LogP contribution in [0.5, 0.6) is 0 Å². The third kappa shape index (κ3) is 6.63. The first-order valence-electron chi connectivity index (χ1n) is 10.6. The fourth-order valence-corrected chi connectivity index (χ4v) is 3.88. The van der Waals surface area contributed by atoms with E-state index >= 15 is 0 Å². The van der Waals surface area contributed by atoms with Crippen LogP contribution in [0.3, 0.4) is 0 Å². The maximum Gasteiger partial charge on any atom is 0.414 e.